The average molecular weight is 252 g/mol. The molecule has 1 amide bonds. The molecule has 1 atom stereocenters. The molecule has 0 radical (unpaired) electrons. The van der Waals surface area contributed by atoms with Crippen molar-refractivity contribution < 1.29 is 9.18 Å². The molecule has 0 aliphatic carbocycles. The monoisotopic (exact) mass is 252 g/mol. The molecule has 0 fully saturated rings. The second-order valence-corrected chi connectivity index (χ2v) is 4.58. The highest BCUT2D eigenvalue weighted by Gasteiger charge is 2.14. The molecule has 4 heteroatoms. The number of hydrogen-bond acceptors (Lipinski definition) is 2. The van der Waals surface area contributed by atoms with Gasteiger partial charge in [-0.3, -0.25) is 4.79 Å². The van der Waals surface area contributed by atoms with Crippen molar-refractivity contribution in [1.82, 2.24) is 10.2 Å². The van der Waals surface area contributed by atoms with Crippen molar-refractivity contribution in [3.8, 4) is 0 Å². The number of rotatable bonds is 6. The Bertz CT molecular complexity index is 378. The first-order valence-corrected chi connectivity index (χ1v) is 6.18. The summed E-state index contributed by atoms with van der Waals surface area (Å²) >= 11 is 0. The summed E-state index contributed by atoms with van der Waals surface area (Å²) in [6, 6.07) is 6.34. The molecule has 18 heavy (non-hydrogen) atoms. The van der Waals surface area contributed by atoms with Gasteiger partial charge in [0.2, 0.25) is 5.91 Å². The summed E-state index contributed by atoms with van der Waals surface area (Å²) in [6.07, 6.45) is 0.450. The quantitative estimate of drug-likeness (QED) is 0.840. The standard InChI is InChI=1S/C14H21FN2O/c1-11(12-4-6-13(15)7-5-12)10-14(18)17(3)9-8-16-2/h4-7,11,16H,8-10H2,1-3H3. The topological polar surface area (TPSA) is 32.3 Å². The van der Waals surface area contributed by atoms with E-state index in [1.54, 1.807) is 24.1 Å². The molecule has 0 aliphatic heterocycles. The molecule has 1 rings (SSSR count). The number of likely N-dealkylation sites (N-methyl/N-ethyl adjacent to an activating group) is 2. The van der Waals surface area contributed by atoms with Crippen molar-refractivity contribution in [3.05, 3.63) is 35.6 Å². The van der Waals surface area contributed by atoms with Crippen LogP contribution in [-0.2, 0) is 4.79 Å². The van der Waals surface area contributed by atoms with Gasteiger partial charge in [-0.1, -0.05) is 19.1 Å². The summed E-state index contributed by atoms with van der Waals surface area (Å²) in [5.74, 6) is -0.0272. The van der Waals surface area contributed by atoms with Crippen molar-refractivity contribution in [2.24, 2.45) is 0 Å². The zero-order valence-electron chi connectivity index (χ0n) is 11.2. The lowest BCUT2D eigenvalue weighted by Crippen LogP contribution is -2.33. The summed E-state index contributed by atoms with van der Waals surface area (Å²) in [5.41, 5.74) is 0.992. The van der Waals surface area contributed by atoms with Crippen molar-refractivity contribution >= 4 is 5.91 Å². The SMILES string of the molecule is CNCCN(C)C(=O)CC(C)c1ccc(F)cc1. The Balaban J connectivity index is 2.51. The number of benzene rings is 1. The van der Waals surface area contributed by atoms with E-state index in [1.807, 2.05) is 14.0 Å². The Morgan fingerprint density at radius 2 is 2.00 bits per heavy atom. The van der Waals surface area contributed by atoms with Crippen molar-refractivity contribution in [3.63, 3.8) is 0 Å². The van der Waals surface area contributed by atoms with Crippen LogP contribution in [0.5, 0.6) is 0 Å². The van der Waals surface area contributed by atoms with Crippen molar-refractivity contribution in [2.75, 3.05) is 27.2 Å². The summed E-state index contributed by atoms with van der Waals surface area (Å²) in [6.45, 7) is 3.47. The minimum Gasteiger partial charge on any atom is -0.344 e. The van der Waals surface area contributed by atoms with Crippen LogP contribution in [0, 0.1) is 5.82 Å². The van der Waals surface area contributed by atoms with E-state index in [9.17, 15) is 9.18 Å². The molecule has 0 bridgehead atoms. The fourth-order valence-corrected chi connectivity index (χ4v) is 1.73. The van der Waals surface area contributed by atoms with Gasteiger partial charge in [0, 0.05) is 26.6 Å². The van der Waals surface area contributed by atoms with E-state index in [0.29, 0.717) is 13.0 Å². The van der Waals surface area contributed by atoms with E-state index in [2.05, 4.69) is 5.32 Å². The van der Waals surface area contributed by atoms with Gasteiger partial charge in [0.1, 0.15) is 5.82 Å². The van der Waals surface area contributed by atoms with E-state index in [4.69, 9.17) is 0 Å². The number of carbonyl (C=O) groups is 1. The van der Waals surface area contributed by atoms with Gasteiger partial charge in [0.25, 0.3) is 0 Å². The smallest absolute Gasteiger partial charge is 0.222 e. The third-order valence-electron chi connectivity index (χ3n) is 3.04. The minimum absolute atomic E-state index is 0.107. The molecule has 0 spiro atoms. The number of carbonyl (C=O) groups excluding carboxylic acids is 1. The first-order chi connectivity index (χ1) is 8.54. The van der Waals surface area contributed by atoms with Gasteiger partial charge in [0.05, 0.1) is 0 Å². The van der Waals surface area contributed by atoms with E-state index < -0.39 is 0 Å². The maximum absolute atomic E-state index is 12.8. The molecule has 0 aliphatic rings. The van der Waals surface area contributed by atoms with Crippen LogP contribution in [0.4, 0.5) is 4.39 Å². The molecule has 0 heterocycles. The van der Waals surface area contributed by atoms with Gasteiger partial charge in [-0.15, -0.1) is 0 Å². The molecule has 100 valence electrons. The van der Waals surface area contributed by atoms with E-state index in [1.165, 1.54) is 12.1 Å². The molecule has 1 aromatic rings. The van der Waals surface area contributed by atoms with E-state index in [0.717, 1.165) is 12.1 Å². The summed E-state index contributed by atoms with van der Waals surface area (Å²) in [7, 11) is 3.66. The van der Waals surface area contributed by atoms with E-state index >= 15 is 0 Å². The van der Waals surface area contributed by atoms with Crippen LogP contribution >= 0.6 is 0 Å². The fourth-order valence-electron chi connectivity index (χ4n) is 1.73. The van der Waals surface area contributed by atoms with Crippen molar-refractivity contribution in [2.45, 2.75) is 19.3 Å². The summed E-state index contributed by atoms with van der Waals surface area (Å²) in [5, 5.41) is 3.01. The molecule has 1 aromatic carbocycles. The average Bonchev–Trinajstić information content (AvgIpc) is 2.36. The van der Waals surface area contributed by atoms with Gasteiger partial charge in [-0.2, -0.15) is 0 Å². The van der Waals surface area contributed by atoms with Crippen LogP contribution in [0.15, 0.2) is 24.3 Å². The Morgan fingerprint density at radius 1 is 1.39 bits per heavy atom. The van der Waals surface area contributed by atoms with Crippen LogP contribution in [-0.4, -0.2) is 38.0 Å². The molecular formula is C14H21FN2O. The molecule has 0 aromatic heterocycles. The third kappa shape index (κ3) is 4.45. The largest absolute Gasteiger partial charge is 0.344 e. The van der Waals surface area contributed by atoms with Crippen LogP contribution in [0.1, 0.15) is 24.8 Å². The molecule has 3 nitrogen and oxygen atoms in total. The normalized spacial score (nSPS) is 12.2. The highest BCUT2D eigenvalue weighted by atomic mass is 19.1. The lowest BCUT2D eigenvalue weighted by atomic mass is 9.97. The first-order valence-electron chi connectivity index (χ1n) is 6.18. The van der Waals surface area contributed by atoms with Gasteiger partial charge in [-0.25, -0.2) is 4.39 Å². The number of nitrogens with one attached hydrogen (secondary N) is 1. The zero-order chi connectivity index (χ0) is 13.5. The first kappa shape index (κ1) is 14.6. The van der Waals surface area contributed by atoms with Crippen LogP contribution in [0.25, 0.3) is 0 Å². The van der Waals surface area contributed by atoms with Gasteiger partial charge >= 0.3 is 0 Å². The molecular weight excluding hydrogens is 231 g/mol. The van der Waals surface area contributed by atoms with Crippen LogP contribution in [0.3, 0.4) is 0 Å². The molecule has 0 saturated carbocycles. The third-order valence-corrected chi connectivity index (χ3v) is 3.04. The Hall–Kier alpha value is -1.42. The highest BCUT2D eigenvalue weighted by molar-refractivity contribution is 5.76. The second kappa shape index (κ2) is 7.11. The number of hydrogen-bond donors (Lipinski definition) is 1. The fraction of sp³-hybridized carbons (Fsp3) is 0.500. The summed E-state index contributed by atoms with van der Waals surface area (Å²) in [4.78, 5) is 13.6. The number of amides is 1. The summed E-state index contributed by atoms with van der Waals surface area (Å²) < 4.78 is 12.8. The maximum atomic E-state index is 12.8. The van der Waals surface area contributed by atoms with Crippen LogP contribution in [0.2, 0.25) is 0 Å². The highest BCUT2D eigenvalue weighted by Crippen LogP contribution is 2.19. The number of nitrogens with zero attached hydrogens (tertiary/aromatic N) is 1. The van der Waals surface area contributed by atoms with E-state index in [-0.39, 0.29) is 17.6 Å². The second-order valence-electron chi connectivity index (χ2n) is 4.58. The zero-order valence-corrected chi connectivity index (χ0v) is 11.2. The Labute approximate surface area is 108 Å². The van der Waals surface area contributed by atoms with Gasteiger partial charge in [-0.05, 0) is 30.7 Å². The maximum Gasteiger partial charge on any atom is 0.222 e. The predicted octanol–water partition coefficient (Wildman–Crippen LogP) is 2.00. The Morgan fingerprint density at radius 3 is 2.56 bits per heavy atom. The lowest BCUT2D eigenvalue weighted by molar-refractivity contribution is -0.130. The number of halogens is 1. The van der Waals surface area contributed by atoms with Crippen LogP contribution < -0.4 is 5.32 Å². The van der Waals surface area contributed by atoms with Crippen molar-refractivity contribution in [1.29, 1.82) is 0 Å². The van der Waals surface area contributed by atoms with Gasteiger partial charge < -0.3 is 10.2 Å². The molecule has 1 N–H and O–H groups in total. The predicted molar refractivity (Wildman–Crippen MR) is 71.0 cm³/mol. The lowest BCUT2D eigenvalue weighted by Gasteiger charge is -2.19. The Kier molecular flexibility index (Phi) is 5.78. The van der Waals surface area contributed by atoms with Gasteiger partial charge in [0.15, 0.2) is 0 Å². The molecule has 0 saturated heterocycles. The molecule has 1 unspecified atom stereocenters. The minimum atomic E-state index is -0.247.